The Morgan fingerprint density at radius 3 is 2.21 bits per heavy atom. The van der Waals surface area contributed by atoms with E-state index in [4.69, 9.17) is 26.4 Å². The van der Waals surface area contributed by atoms with Gasteiger partial charge < -0.3 is 19.5 Å². The number of hydrogen-bond acceptors (Lipinski definition) is 5. The molecule has 0 aliphatic carbocycles. The van der Waals surface area contributed by atoms with Crippen molar-refractivity contribution in [3.63, 3.8) is 0 Å². The zero-order chi connectivity index (χ0) is 20.4. The minimum absolute atomic E-state index is 0.318. The molecule has 2 rings (SSSR count). The van der Waals surface area contributed by atoms with Crippen LogP contribution in [0.25, 0.3) is 6.08 Å². The number of hydrazine groups is 1. The van der Waals surface area contributed by atoms with E-state index >= 15 is 0 Å². The number of carbonyl (C=O) groups excluding carboxylic acids is 1. The molecule has 28 heavy (non-hydrogen) atoms. The summed E-state index contributed by atoms with van der Waals surface area (Å²) in [6, 6.07) is 13.3. The molecule has 2 aromatic rings. The lowest BCUT2D eigenvalue weighted by Gasteiger charge is -2.13. The van der Waals surface area contributed by atoms with Gasteiger partial charge in [-0.05, 0) is 41.6 Å². The average Bonchev–Trinajstić information content (AvgIpc) is 2.74. The van der Waals surface area contributed by atoms with E-state index in [1.54, 1.807) is 18.2 Å². The Hall–Kier alpha value is -3.26. The van der Waals surface area contributed by atoms with Crippen molar-refractivity contribution in [2.45, 2.75) is 6.54 Å². The fourth-order valence-electron chi connectivity index (χ4n) is 2.35. The number of thiocarbonyl (C=S) groups is 1. The highest BCUT2D eigenvalue weighted by Crippen LogP contribution is 2.38. The first kappa shape index (κ1) is 21.0. The van der Waals surface area contributed by atoms with E-state index in [-0.39, 0.29) is 5.91 Å². The summed E-state index contributed by atoms with van der Waals surface area (Å²) >= 11 is 5.13. The zero-order valence-corrected chi connectivity index (χ0v) is 16.8. The molecule has 0 bridgehead atoms. The molecular weight excluding hydrogens is 378 g/mol. The molecular formula is C20H23N3O4S. The van der Waals surface area contributed by atoms with Crippen LogP contribution < -0.4 is 30.4 Å². The largest absolute Gasteiger partial charge is 0.493 e. The average molecular weight is 401 g/mol. The van der Waals surface area contributed by atoms with Gasteiger partial charge in [0.1, 0.15) is 0 Å². The van der Waals surface area contributed by atoms with Crippen LogP contribution in [0, 0.1) is 0 Å². The monoisotopic (exact) mass is 401 g/mol. The van der Waals surface area contributed by atoms with Crippen molar-refractivity contribution in [2.24, 2.45) is 0 Å². The topological polar surface area (TPSA) is 80.9 Å². The van der Waals surface area contributed by atoms with Gasteiger partial charge in [0.2, 0.25) is 5.75 Å². The lowest BCUT2D eigenvalue weighted by Crippen LogP contribution is -2.45. The van der Waals surface area contributed by atoms with Gasteiger partial charge in [-0.3, -0.25) is 15.6 Å². The molecule has 148 valence electrons. The number of carbonyl (C=O) groups is 1. The lowest BCUT2D eigenvalue weighted by molar-refractivity contribution is -0.116. The number of hydrogen-bond donors (Lipinski definition) is 3. The van der Waals surface area contributed by atoms with Crippen LogP contribution in [0.4, 0.5) is 0 Å². The highest BCUT2D eigenvalue weighted by Gasteiger charge is 2.12. The van der Waals surface area contributed by atoms with Crippen molar-refractivity contribution >= 4 is 29.3 Å². The van der Waals surface area contributed by atoms with Crippen LogP contribution in [0.3, 0.4) is 0 Å². The SMILES string of the molecule is COc1cc(/C=C/C(=O)NNC(=S)NCc2ccccc2)cc(OC)c1OC. The van der Waals surface area contributed by atoms with Crippen LogP contribution in [0.15, 0.2) is 48.5 Å². The summed E-state index contributed by atoms with van der Waals surface area (Å²) in [7, 11) is 4.60. The van der Waals surface area contributed by atoms with Crippen LogP contribution in [0.2, 0.25) is 0 Å². The van der Waals surface area contributed by atoms with Crippen molar-refractivity contribution in [1.29, 1.82) is 0 Å². The molecule has 0 radical (unpaired) electrons. The highest BCUT2D eigenvalue weighted by atomic mass is 32.1. The molecule has 1 amide bonds. The standard InChI is InChI=1S/C20H23N3O4S/c1-25-16-11-15(12-17(26-2)19(16)27-3)9-10-18(24)22-23-20(28)21-13-14-7-5-4-6-8-14/h4-12H,13H2,1-3H3,(H,22,24)(H2,21,23,28)/b10-9+. The minimum atomic E-state index is -0.363. The molecule has 0 saturated heterocycles. The Morgan fingerprint density at radius 2 is 1.64 bits per heavy atom. The van der Waals surface area contributed by atoms with E-state index in [9.17, 15) is 4.79 Å². The van der Waals surface area contributed by atoms with E-state index in [0.29, 0.717) is 28.9 Å². The normalized spacial score (nSPS) is 10.2. The van der Waals surface area contributed by atoms with Crippen LogP contribution in [-0.2, 0) is 11.3 Å². The second kappa shape index (κ2) is 10.8. The second-order valence-electron chi connectivity index (χ2n) is 5.57. The molecule has 8 heteroatoms. The van der Waals surface area contributed by atoms with Gasteiger partial charge in [0.25, 0.3) is 5.91 Å². The van der Waals surface area contributed by atoms with Crippen LogP contribution in [-0.4, -0.2) is 32.3 Å². The van der Waals surface area contributed by atoms with Crippen LogP contribution in [0.5, 0.6) is 17.2 Å². The van der Waals surface area contributed by atoms with E-state index < -0.39 is 0 Å². The summed E-state index contributed by atoms with van der Waals surface area (Å²) < 4.78 is 15.9. The molecule has 0 heterocycles. The third kappa shape index (κ3) is 6.17. The lowest BCUT2D eigenvalue weighted by atomic mass is 10.1. The van der Waals surface area contributed by atoms with Crippen molar-refractivity contribution in [3.8, 4) is 17.2 Å². The Kier molecular flexibility index (Phi) is 8.11. The Labute approximate surface area is 169 Å². The number of ether oxygens (including phenoxy) is 3. The molecule has 0 aliphatic rings. The molecule has 3 N–H and O–H groups in total. The third-order valence-electron chi connectivity index (χ3n) is 3.71. The van der Waals surface area contributed by atoms with E-state index in [2.05, 4.69) is 16.2 Å². The molecule has 0 aromatic heterocycles. The smallest absolute Gasteiger partial charge is 0.262 e. The Bertz CT molecular complexity index is 816. The van der Waals surface area contributed by atoms with Gasteiger partial charge in [-0.2, -0.15) is 0 Å². The summed E-state index contributed by atoms with van der Waals surface area (Å²) in [5.74, 6) is 1.14. The molecule has 0 saturated carbocycles. The van der Waals surface area contributed by atoms with Gasteiger partial charge in [0, 0.05) is 12.6 Å². The zero-order valence-electron chi connectivity index (χ0n) is 15.9. The number of amides is 1. The molecule has 0 unspecified atom stereocenters. The maximum Gasteiger partial charge on any atom is 0.262 e. The van der Waals surface area contributed by atoms with Crippen LogP contribution in [0.1, 0.15) is 11.1 Å². The third-order valence-corrected chi connectivity index (χ3v) is 3.96. The summed E-state index contributed by atoms with van der Waals surface area (Å²) in [6.07, 6.45) is 3.00. The van der Waals surface area contributed by atoms with E-state index in [0.717, 1.165) is 11.1 Å². The summed E-state index contributed by atoms with van der Waals surface area (Å²) in [5.41, 5.74) is 6.96. The van der Waals surface area contributed by atoms with Gasteiger partial charge in [0.05, 0.1) is 21.3 Å². The van der Waals surface area contributed by atoms with Gasteiger partial charge in [-0.1, -0.05) is 30.3 Å². The number of nitrogens with one attached hydrogen (secondary N) is 3. The molecule has 0 atom stereocenters. The van der Waals surface area contributed by atoms with Crippen molar-refractivity contribution in [2.75, 3.05) is 21.3 Å². The van der Waals surface area contributed by atoms with E-state index in [1.807, 2.05) is 30.3 Å². The van der Waals surface area contributed by atoms with Gasteiger partial charge in [-0.25, -0.2) is 0 Å². The summed E-state index contributed by atoms with van der Waals surface area (Å²) in [4.78, 5) is 12.0. The first-order valence-electron chi connectivity index (χ1n) is 8.43. The molecule has 0 spiro atoms. The number of benzene rings is 2. The molecule has 2 aromatic carbocycles. The fourth-order valence-corrected chi connectivity index (χ4v) is 2.48. The Balaban J connectivity index is 1.88. The van der Waals surface area contributed by atoms with Gasteiger partial charge in [-0.15, -0.1) is 0 Å². The first-order chi connectivity index (χ1) is 13.6. The number of methoxy groups -OCH3 is 3. The molecule has 0 aliphatic heterocycles. The van der Waals surface area contributed by atoms with Crippen molar-refractivity contribution < 1.29 is 19.0 Å². The predicted octanol–water partition coefficient (Wildman–Crippen LogP) is 2.42. The Morgan fingerprint density at radius 1 is 1.00 bits per heavy atom. The highest BCUT2D eigenvalue weighted by molar-refractivity contribution is 7.80. The fraction of sp³-hybridized carbons (Fsp3) is 0.200. The quantitative estimate of drug-likeness (QED) is 0.373. The van der Waals surface area contributed by atoms with Crippen LogP contribution >= 0.6 is 12.2 Å². The maximum absolute atomic E-state index is 12.0. The first-order valence-corrected chi connectivity index (χ1v) is 8.84. The molecule has 7 nitrogen and oxygen atoms in total. The summed E-state index contributed by atoms with van der Waals surface area (Å²) in [5, 5.41) is 3.32. The van der Waals surface area contributed by atoms with Crippen molar-refractivity contribution in [1.82, 2.24) is 16.2 Å². The predicted molar refractivity (Wildman–Crippen MR) is 112 cm³/mol. The minimum Gasteiger partial charge on any atom is -0.493 e. The second-order valence-corrected chi connectivity index (χ2v) is 5.98. The number of rotatable bonds is 7. The van der Waals surface area contributed by atoms with Crippen molar-refractivity contribution in [3.05, 3.63) is 59.7 Å². The van der Waals surface area contributed by atoms with Gasteiger partial charge >= 0.3 is 0 Å². The summed E-state index contributed by atoms with van der Waals surface area (Å²) in [6.45, 7) is 0.559. The van der Waals surface area contributed by atoms with E-state index in [1.165, 1.54) is 27.4 Å². The molecule has 0 fully saturated rings. The maximum atomic E-state index is 12.0. The van der Waals surface area contributed by atoms with Gasteiger partial charge in [0.15, 0.2) is 16.6 Å².